The number of amides is 2. The monoisotopic (exact) mass is 510 g/mol. The van der Waals surface area contributed by atoms with Gasteiger partial charge in [-0.05, 0) is 66.2 Å². The first kappa shape index (κ1) is 23.7. The maximum Gasteiger partial charge on any atom is 0.262 e. The second kappa shape index (κ2) is 11.6. The van der Waals surface area contributed by atoms with Crippen molar-refractivity contribution in [1.82, 2.24) is 10.4 Å². The van der Waals surface area contributed by atoms with Crippen molar-refractivity contribution in [2.45, 2.75) is 4.34 Å². The summed E-state index contributed by atoms with van der Waals surface area (Å²) < 4.78 is 7.44. The number of hydrogen-bond donors (Lipinski definition) is 2. The van der Waals surface area contributed by atoms with Crippen molar-refractivity contribution in [3.8, 4) is 5.75 Å². The number of anilines is 1. The minimum absolute atomic E-state index is 0.127. The Morgan fingerprint density at radius 1 is 1.03 bits per heavy atom. The van der Waals surface area contributed by atoms with E-state index in [-0.39, 0.29) is 24.2 Å². The minimum Gasteiger partial charge on any atom is -0.484 e. The van der Waals surface area contributed by atoms with Crippen molar-refractivity contribution in [1.29, 1.82) is 0 Å². The van der Waals surface area contributed by atoms with Crippen LogP contribution in [-0.4, -0.2) is 35.4 Å². The topological polar surface area (TPSA) is 92.7 Å². The van der Waals surface area contributed by atoms with Gasteiger partial charge in [-0.15, -0.1) is 11.3 Å². The maximum absolute atomic E-state index is 12.0. The molecular formula is C24H19ClN4O3S2. The van der Waals surface area contributed by atoms with E-state index in [0.717, 1.165) is 20.1 Å². The van der Waals surface area contributed by atoms with E-state index in [1.165, 1.54) is 18.0 Å². The molecule has 0 unspecified atom stereocenters. The van der Waals surface area contributed by atoms with E-state index in [1.807, 2.05) is 24.3 Å². The minimum atomic E-state index is -0.278. The Bertz CT molecular complexity index is 1280. The molecule has 4 rings (SSSR count). The highest BCUT2D eigenvalue weighted by atomic mass is 35.5. The van der Waals surface area contributed by atoms with Crippen LogP contribution in [-0.2, 0) is 9.59 Å². The Morgan fingerprint density at radius 3 is 2.56 bits per heavy atom. The fourth-order valence-electron chi connectivity index (χ4n) is 2.78. The standard InChI is InChI=1S/C24H19ClN4O3S2/c25-17-7-9-18(10-8-17)27-22(30)14-32-19-11-5-16(6-12-19)13-26-29-23(31)15-33-24-28-20-3-1-2-4-21(20)34-24/h1-13H,14-15H2,(H,27,30)(H,29,31)/b26-13-. The lowest BCUT2D eigenvalue weighted by Crippen LogP contribution is -2.20. The SMILES string of the molecule is O=C(CSc1nc2ccccc2s1)N/N=C\c1ccc(OCC(=O)Nc2ccc(Cl)cc2)cc1. The number of carbonyl (C=O) groups is 2. The van der Waals surface area contributed by atoms with E-state index in [1.54, 1.807) is 59.9 Å². The Morgan fingerprint density at radius 2 is 1.79 bits per heavy atom. The number of benzene rings is 3. The first-order valence-electron chi connectivity index (χ1n) is 10.1. The Balaban J connectivity index is 1.18. The predicted molar refractivity (Wildman–Crippen MR) is 138 cm³/mol. The van der Waals surface area contributed by atoms with Crippen LogP contribution >= 0.6 is 34.7 Å². The molecule has 0 atom stereocenters. The van der Waals surface area contributed by atoms with Crippen molar-refractivity contribution in [3.63, 3.8) is 0 Å². The van der Waals surface area contributed by atoms with E-state index in [4.69, 9.17) is 16.3 Å². The van der Waals surface area contributed by atoms with Crippen LogP contribution in [0.3, 0.4) is 0 Å². The number of nitrogens with zero attached hydrogens (tertiary/aromatic N) is 2. The largest absolute Gasteiger partial charge is 0.484 e. The van der Waals surface area contributed by atoms with E-state index in [9.17, 15) is 9.59 Å². The van der Waals surface area contributed by atoms with Gasteiger partial charge in [0.05, 0.1) is 22.2 Å². The van der Waals surface area contributed by atoms with E-state index in [2.05, 4.69) is 20.8 Å². The highest BCUT2D eigenvalue weighted by Gasteiger charge is 2.07. The second-order valence-corrected chi connectivity index (χ2v) is 9.63. The number of hydrogen-bond acceptors (Lipinski definition) is 7. The lowest BCUT2D eigenvalue weighted by molar-refractivity contribution is -0.119. The molecule has 2 amide bonds. The number of fused-ring (bicyclic) bond motifs is 1. The third-order valence-electron chi connectivity index (χ3n) is 4.38. The van der Waals surface area contributed by atoms with Crippen LogP contribution in [0.2, 0.25) is 5.02 Å². The highest BCUT2D eigenvalue weighted by Crippen LogP contribution is 2.29. The van der Waals surface area contributed by atoms with Crippen LogP contribution in [0.1, 0.15) is 5.56 Å². The lowest BCUT2D eigenvalue weighted by Gasteiger charge is -2.08. The maximum atomic E-state index is 12.0. The third-order valence-corrected chi connectivity index (χ3v) is 6.81. The molecule has 0 aliphatic heterocycles. The molecule has 0 saturated carbocycles. The number of carbonyl (C=O) groups excluding carboxylic acids is 2. The molecule has 34 heavy (non-hydrogen) atoms. The number of aromatic nitrogens is 1. The smallest absolute Gasteiger partial charge is 0.262 e. The summed E-state index contributed by atoms with van der Waals surface area (Å²) in [5.74, 6) is 0.272. The van der Waals surface area contributed by atoms with Crippen LogP contribution in [0.4, 0.5) is 5.69 Å². The molecule has 0 bridgehead atoms. The van der Waals surface area contributed by atoms with Gasteiger partial charge < -0.3 is 10.1 Å². The molecule has 7 nitrogen and oxygen atoms in total. The molecule has 0 fully saturated rings. The molecule has 2 N–H and O–H groups in total. The molecule has 1 heterocycles. The van der Waals surface area contributed by atoms with Crippen LogP contribution in [0, 0.1) is 0 Å². The van der Waals surface area contributed by atoms with Crippen LogP contribution in [0.5, 0.6) is 5.75 Å². The number of thiazole rings is 1. The number of hydrazone groups is 1. The fourth-order valence-corrected chi connectivity index (χ4v) is 4.77. The van der Waals surface area contributed by atoms with Crippen LogP contribution in [0.15, 0.2) is 82.2 Å². The predicted octanol–water partition coefficient (Wildman–Crippen LogP) is 5.21. The van der Waals surface area contributed by atoms with Gasteiger partial charge in [-0.25, -0.2) is 10.4 Å². The summed E-state index contributed by atoms with van der Waals surface area (Å²) in [5, 5.41) is 7.31. The lowest BCUT2D eigenvalue weighted by atomic mass is 10.2. The van der Waals surface area contributed by atoms with Gasteiger partial charge in [-0.1, -0.05) is 35.5 Å². The van der Waals surface area contributed by atoms with E-state index in [0.29, 0.717) is 16.5 Å². The molecule has 4 aromatic rings. The molecule has 0 saturated heterocycles. The zero-order chi connectivity index (χ0) is 23.8. The number of halogens is 1. The summed E-state index contributed by atoms with van der Waals surface area (Å²) >= 11 is 8.77. The second-order valence-electron chi connectivity index (χ2n) is 6.94. The summed E-state index contributed by atoms with van der Waals surface area (Å²) in [5.41, 5.74) is 4.86. The number of rotatable bonds is 9. The van der Waals surface area contributed by atoms with Gasteiger partial charge in [0.1, 0.15) is 5.75 Å². The number of para-hydroxylation sites is 1. The summed E-state index contributed by atoms with van der Waals surface area (Å²) in [6, 6.07) is 21.7. The number of nitrogens with one attached hydrogen (secondary N) is 2. The van der Waals surface area contributed by atoms with Crippen molar-refractivity contribution in [3.05, 3.63) is 83.4 Å². The molecule has 0 spiro atoms. The van der Waals surface area contributed by atoms with Crippen molar-refractivity contribution in [2.24, 2.45) is 5.10 Å². The van der Waals surface area contributed by atoms with E-state index < -0.39 is 0 Å². The molecule has 10 heteroatoms. The molecule has 1 aromatic heterocycles. The highest BCUT2D eigenvalue weighted by molar-refractivity contribution is 8.01. The van der Waals surface area contributed by atoms with Crippen LogP contribution < -0.4 is 15.5 Å². The Hall–Kier alpha value is -3.40. The molecule has 0 aliphatic rings. The molecule has 0 aliphatic carbocycles. The van der Waals surface area contributed by atoms with Crippen LogP contribution in [0.25, 0.3) is 10.2 Å². The summed E-state index contributed by atoms with van der Waals surface area (Å²) in [6.07, 6.45) is 1.54. The molecule has 3 aromatic carbocycles. The molecular weight excluding hydrogens is 492 g/mol. The quantitative estimate of drug-likeness (QED) is 0.183. The van der Waals surface area contributed by atoms with Gasteiger partial charge in [0, 0.05) is 10.7 Å². The molecule has 0 radical (unpaired) electrons. The third kappa shape index (κ3) is 7.05. The summed E-state index contributed by atoms with van der Waals surface area (Å²) in [7, 11) is 0. The average molecular weight is 511 g/mol. The normalized spacial score (nSPS) is 11.0. The molecule has 172 valence electrons. The summed E-state index contributed by atoms with van der Waals surface area (Å²) in [6.45, 7) is -0.127. The zero-order valence-electron chi connectivity index (χ0n) is 17.7. The average Bonchev–Trinajstić information content (AvgIpc) is 3.27. The van der Waals surface area contributed by atoms with Gasteiger partial charge in [0.15, 0.2) is 10.9 Å². The first-order valence-corrected chi connectivity index (χ1v) is 12.3. The first-order chi connectivity index (χ1) is 16.5. The van der Waals surface area contributed by atoms with Gasteiger partial charge in [-0.3, -0.25) is 9.59 Å². The number of ether oxygens (including phenoxy) is 1. The van der Waals surface area contributed by atoms with Crippen molar-refractivity contribution in [2.75, 3.05) is 17.7 Å². The Labute approximate surface area is 209 Å². The van der Waals surface area contributed by atoms with Gasteiger partial charge in [-0.2, -0.15) is 5.10 Å². The Kier molecular flexibility index (Phi) is 8.13. The number of thioether (sulfide) groups is 1. The van der Waals surface area contributed by atoms with Gasteiger partial charge in [0.2, 0.25) is 0 Å². The van der Waals surface area contributed by atoms with E-state index >= 15 is 0 Å². The van der Waals surface area contributed by atoms with Gasteiger partial charge in [0.25, 0.3) is 11.8 Å². The van der Waals surface area contributed by atoms with Gasteiger partial charge >= 0.3 is 0 Å². The van der Waals surface area contributed by atoms with Crippen molar-refractivity contribution < 1.29 is 14.3 Å². The summed E-state index contributed by atoms with van der Waals surface area (Å²) in [4.78, 5) is 28.5. The van der Waals surface area contributed by atoms with Crippen molar-refractivity contribution >= 4 is 68.6 Å². The fraction of sp³-hybridized carbons (Fsp3) is 0.0833. The zero-order valence-corrected chi connectivity index (χ0v) is 20.1.